The molecule has 3 rings (SSSR count). The molecule has 1 fully saturated rings. The molecule has 0 radical (unpaired) electrons. The molecule has 30 heavy (non-hydrogen) atoms. The molecule has 0 aliphatic carbocycles. The van der Waals surface area contributed by atoms with E-state index in [1.54, 1.807) is 24.3 Å². The fourth-order valence-corrected chi connectivity index (χ4v) is 3.64. The molecule has 0 unspecified atom stereocenters. The molecule has 1 heterocycles. The van der Waals surface area contributed by atoms with Gasteiger partial charge in [-0.1, -0.05) is 18.2 Å². The Bertz CT molecular complexity index is 1020. The average molecular weight is 430 g/mol. The quantitative estimate of drug-likeness (QED) is 0.679. The van der Waals surface area contributed by atoms with Gasteiger partial charge in [-0.3, -0.25) is 19.3 Å². The van der Waals surface area contributed by atoms with E-state index in [4.69, 9.17) is 9.47 Å². The van der Waals surface area contributed by atoms with Crippen LogP contribution in [-0.2, 0) is 4.79 Å². The van der Waals surface area contributed by atoms with Gasteiger partial charge in [-0.05, 0) is 42.1 Å². The first-order chi connectivity index (χ1) is 14.4. The highest BCUT2D eigenvalue weighted by Crippen LogP contribution is 2.32. The van der Waals surface area contributed by atoms with Gasteiger partial charge >= 0.3 is 0 Å². The zero-order valence-electron chi connectivity index (χ0n) is 16.3. The third-order valence-electron chi connectivity index (χ3n) is 4.33. The summed E-state index contributed by atoms with van der Waals surface area (Å²) in [5.41, 5.74) is 0.575. The number of nitrogens with zero attached hydrogens (tertiary/aromatic N) is 1. The first-order valence-electron chi connectivity index (χ1n) is 8.94. The van der Waals surface area contributed by atoms with E-state index < -0.39 is 17.0 Å². The molecule has 1 saturated heterocycles. The fourth-order valence-electron chi connectivity index (χ4n) is 2.79. The zero-order chi connectivity index (χ0) is 21.7. The maximum absolute atomic E-state index is 13.8. The first kappa shape index (κ1) is 21.4. The lowest BCUT2D eigenvalue weighted by Crippen LogP contribution is -2.37. The van der Waals surface area contributed by atoms with Crippen molar-refractivity contribution < 1.29 is 28.2 Å². The highest BCUT2D eigenvalue weighted by molar-refractivity contribution is 8.18. The van der Waals surface area contributed by atoms with Crippen LogP contribution in [0.2, 0.25) is 0 Å². The smallest absolute Gasteiger partial charge is 0.293 e. The van der Waals surface area contributed by atoms with E-state index in [0.717, 1.165) is 16.7 Å². The second-order valence-corrected chi connectivity index (χ2v) is 7.17. The van der Waals surface area contributed by atoms with Crippen LogP contribution >= 0.6 is 11.8 Å². The summed E-state index contributed by atoms with van der Waals surface area (Å²) in [4.78, 5) is 38.1. The van der Waals surface area contributed by atoms with Gasteiger partial charge in [0, 0.05) is 24.2 Å². The van der Waals surface area contributed by atoms with E-state index in [1.807, 2.05) is 0 Å². The molecule has 1 aliphatic heterocycles. The highest BCUT2D eigenvalue weighted by atomic mass is 32.2. The Morgan fingerprint density at radius 1 is 1.13 bits per heavy atom. The lowest BCUT2D eigenvalue weighted by Gasteiger charge is -2.13. The summed E-state index contributed by atoms with van der Waals surface area (Å²) in [6.07, 6.45) is 1.35. The van der Waals surface area contributed by atoms with E-state index in [0.29, 0.717) is 17.1 Å². The number of methoxy groups -OCH3 is 2. The number of carbonyl (C=O) groups is 3. The zero-order valence-corrected chi connectivity index (χ0v) is 17.1. The minimum Gasteiger partial charge on any atom is -0.493 e. The Labute approximate surface area is 176 Å². The van der Waals surface area contributed by atoms with Crippen LogP contribution in [0.4, 0.5) is 9.18 Å². The first-order valence-corrected chi connectivity index (χ1v) is 9.76. The third kappa shape index (κ3) is 4.62. The van der Waals surface area contributed by atoms with Gasteiger partial charge in [0.2, 0.25) is 0 Å². The summed E-state index contributed by atoms with van der Waals surface area (Å²) in [7, 11) is 2.96. The molecule has 0 bridgehead atoms. The van der Waals surface area contributed by atoms with Crippen molar-refractivity contribution >= 4 is 34.9 Å². The Balaban J connectivity index is 1.61. The van der Waals surface area contributed by atoms with Crippen molar-refractivity contribution in [2.75, 3.05) is 27.3 Å². The van der Waals surface area contributed by atoms with Crippen LogP contribution < -0.4 is 14.8 Å². The molecule has 0 atom stereocenters. The van der Waals surface area contributed by atoms with Crippen LogP contribution in [0, 0.1) is 5.82 Å². The van der Waals surface area contributed by atoms with Gasteiger partial charge in [-0.25, -0.2) is 4.39 Å². The summed E-state index contributed by atoms with van der Waals surface area (Å²) in [6, 6.07) is 10.7. The van der Waals surface area contributed by atoms with Crippen LogP contribution in [0.3, 0.4) is 0 Å². The number of benzene rings is 2. The predicted molar refractivity (Wildman–Crippen MR) is 111 cm³/mol. The van der Waals surface area contributed by atoms with E-state index in [1.165, 1.54) is 38.5 Å². The molecular weight excluding hydrogens is 411 g/mol. The minimum absolute atomic E-state index is 0.00168. The number of hydrogen-bond donors (Lipinski definition) is 1. The van der Waals surface area contributed by atoms with Crippen molar-refractivity contribution in [2.45, 2.75) is 0 Å². The lowest BCUT2D eigenvalue weighted by molar-refractivity contribution is -0.122. The fraction of sp³-hybridized carbons (Fsp3) is 0.190. The van der Waals surface area contributed by atoms with Crippen molar-refractivity contribution in [3.05, 3.63) is 64.3 Å². The van der Waals surface area contributed by atoms with Gasteiger partial charge < -0.3 is 14.8 Å². The van der Waals surface area contributed by atoms with Crippen molar-refractivity contribution in [1.82, 2.24) is 10.2 Å². The lowest BCUT2D eigenvalue weighted by atomic mass is 10.2. The Hall–Kier alpha value is -3.33. The van der Waals surface area contributed by atoms with Gasteiger partial charge in [0.15, 0.2) is 11.5 Å². The highest BCUT2D eigenvalue weighted by Gasteiger charge is 2.34. The number of carbonyl (C=O) groups excluding carboxylic acids is 3. The molecule has 2 aromatic carbocycles. The number of thioether (sulfide) groups is 1. The number of imide groups is 1. The predicted octanol–water partition coefficient (Wildman–Crippen LogP) is 3.31. The summed E-state index contributed by atoms with van der Waals surface area (Å²) in [6.45, 7) is 0.0660. The van der Waals surface area contributed by atoms with Gasteiger partial charge in [-0.15, -0.1) is 0 Å². The molecule has 0 saturated carbocycles. The van der Waals surface area contributed by atoms with Crippen LogP contribution in [0.5, 0.6) is 11.5 Å². The third-order valence-corrected chi connectivity index (χ3v) is 5.24. The van der Waals surface area contributed by atoms with E-state index in [-0.39, 0.29) is 29.5 Å². The monoisotopic (exact) mass is 430 g/mol. The van der Waals surface area contributed by atoms with Crippen LogP contribution in [0.15, 0.2) is 47.4 Å². The normalized spacial score (nSPS) is 14.9. The van der Waals surface area contributed by atoms with Crippen molar-refractivity contribution in [2.24, 2.45) is 0 Å². The number of ether oxygens (including phenoxy) is 2. The summed E-state index contributed by atoms with van der Waals surface area (Å²) in [5.74, 6) is -0.479. The van der Waals surface area contributed by atoms with Crippen molar-refractivity contribution in [3.63, 3.8) is 0 Å². The molecular formula is C21H19FN2O5S. The maximum atomic E-state index is 13.8. The molecule has 9 heteroatoms. The number of rotatable bonds is 7. The molecule has 1 N–H and O–H groups in total. The van der Waals surface area contributed by atoms with Crippen molar-refractivity contribution in [3.8, 4) is 11.5 Å². The Morgan fingerprint density at radius 2 is 1.87 bits per heavy atom. The molecule has 0 spiro atoms. The number of amides is 3. The van der Waals surface area contributed by atoms with E-state index >= 15 is 0 Å². The van der Waals surface area contributed by atoms with Gasteiger partial charge in [0.1, 0.15) is 5.82 Å². The Kier molecular flexibility index (Phi) is 6.73. The molecule has 2 aromatic rings. The van der Waals surface area contributed by atoms with Crippen LogP contribution in [0.25, 0.3) is 6.08 Å². The maximum Gasteiger partial charge on any atom is 0.293 e. The Morgan fingerprint density at radius 3 is 2.57 bits per heavy atom. The molecule has 7 nitrogen and oxygen atoms in total. The minimum atomic E-state index is -0.520. The summed E-state index contributed by atoms with van der Waals surface area (Å²) < 4.78 is 24.1. The second kappa shape index (κ2) is 9.45. The number of nitrogens with one attached hydrogen (secondary N) is 1. The van der Waals surface area contributed by atoms with Crippen molar-refractivity contribution in [1.29, 1.82) is 0 Å². The van der Waals surface area contributed by atoms with Crippen LogP contribution in [0.1, 0.15) is 15.9 Å². The second-order valence-electron chi connectivity index (χ2n) is 6.18. The van der Waals surface area contributed by atoms with Gasteiger partial charge in [-0.2, -0.15) is 0 Å². The largest absolute Gasteiger partial charge is 0.493 e. The summed E-state index contributed by atoms with van der Waals surface area (Å²) >= 11 is 0.738. The van der Waals surface area contributed by atoms with Crippen LogP contribution in [-0.4, -0.2) is 49.3 Å². The summed E-state index contributed by atoms with van der Waals surface area (Å²) in [5, 5.41) is 2.19. The number of hydrogen-bond acceptors (Lipinski definition) is 6. The molecule has 3 amide bonds. The van der Waals surface area contributed by atoms with E-state index in [9.17, 15) is 18.8 Å². The molecule has 1 aliphatic rings. The van der Waals surface area contributed by atoms with E-state index in [2.05, 4.69) is 5.32 Å². The SMILES string of the molecule is COc1ccc(C(=O)NCCN2C(=O)S/C(=C\c3ccccc3F)C2=O)cc1OC. The standard InChI is InChI=1S/C21H19FN2O5S/c1-28-16-8-7-14(11-17(16)29-2)19(25)23-9-10-24-20(26)18(30-21(24)27)12-13-5-3-4-6-15(13)22/h3-8,11-12H,9-10H2,1-2H3,(H,23,25)/b18-12-. The topological polar surface area (TPSA) is 84.9 Å². The molecule has 0 aromatic heterocycles. The van der Waals surface area contributed by atoms with Gasteiger partial charge in [0.25, 0.3) is 17.1 Å². The van der Waals surface area contributed by atoms with Gasteiger partial charge in [0.05, 0.1) is 19.1 Å². The molecule has 156 valence electrons. The number of halogens is 1. The average Bonchev–Trinajstić information content (AvgIpc) is 3.02.